The van der Waals surface area contributed by atoms with Crippen LogP contribution in [-0.2, 0) is 25.8 Å². The lowest BCUT2D eigenvalue weighted by molar-refractivity contribution is -0.143. The first kappa shape index (κ1) is 23.9. The minimum atomic E-state index is -3.46. The number of carbonyl (C=O) groups excluding carboxylic acids is 1. The molecule has 11 heteroatoms. The monoisotopic (exact) mass is 515 g/mol. The van der Waals surface area contributed by atoms with Gasteiger partial charge in [-0.1, -0.05) is 47.5 Å². The molecule has 2 aliphatic rings. The molecule has 176 valence electrons. The van der Waals surface area contributed by atoms with Gasteiger partial charge >= 0.3 is 0 Å². The number of amides is 1. The fourth-order valence-corrected chi connectivity index (χ4v) is 5.12. The van der Waals surface area contributed by atoms with E-state index in [1.165, 1.54) is 17.0 Å². The summed E-state index contributed by atoms with van der Waals surface area (Å²) >= 11 is 11.9. The van der Waals surface area contributed by atoms with Crippen LogP contribution in [0.4, 0.5) is 8.78 Å². The van der Waals surface area contributed by atoms with Crippen LogP contribution in [0.3, 0.4) is 0 Å². The molecule has 2 heterocycles. The van der Waals surface area contributed by atoms with E-state index >= 15 is 4.39 Å². The molecule has 0 radical (unpaired) electrons. The molecule has 2 aliphatic heterocycles. The minimum absolute atomic E-state index is 0.0730. The van der Waals surface area contributed by atoms with Gasteiger partial charge in [0.15, 0.2) is 21.3 Å². The molecule has 0 spiro atoms. The van der Waals surface area contributed by atoms with Crippen molar-refractivity contribution >= 4 is 44.7 Å². The van der Waals surface area contributed by atoms with Crippen LogP contribution in [0.25, 0.3) is 0 Å². The number of hydrogen-bond acceptors (Lipinski definition) is 5. The molecule has 6 nitrogen and oxygen atoms in total. The summed E-state index contributed by atoms with van der Waals surface area (Å²) in [5.41, 5.74) is 3.28. The third kappa shape index (κ3) is 4.72. The first-order chi connectivity index (χ1) is 15.3. The number of carbonyl (C=O) groups is 1. The van der Waals surface area contributed by atoms with Crippen LogP contribution < -0.4 is 5.43 Å². The van der Waals surface area contributed by atoms with Crippen molar-refractivity contribution < 1.29 is 22.0 Å². The molecular formula is C22H21Cl2F2N3O3S. The van der Waals surface area contributed by atoms with Gasteiger partial charge in [-0.2, -0.15) is 5.10 Å². The molecule has 4 rings (SSSR count). The lowest BCUT2D eigenvalue weighted by Gasteiger charge is -2.44. The quantitative estimate of drug-likeness (QED) is 0.614. The third-order valence-electron chi connectivity index (χ3n) is 5.94. The Hall–Kier alpha value is -2.23. The average molecular weight is 516 g/mol. The number of sulfone groups is 1. The Morgan fingerprint density at radius 2 is 1.73 bits per heavy atom. The summed E-state index contributed by atoms with van der Waals surface area (Å²) in [7, 11) is -3.46. The van der Waals surface area contributed by atoms with E-state index in [0.717, 1.165) is 17.5 Å². The lowest BCUT2D eigenvalue weighted by atomic mass is 9.85. The SMILES string of the molecule is CC1(c2cc(Cl)c(F)c(Cl)c2)CC(c2ccc(C3(F)CN(C(=O)CS(C)(=O)=O)C3)cc2)=NN1. The maximum Gasteiger partial charge on any atom is 0.237 e. The fraction of sp³-hybridized carbons (Fsp3) is 0.364. The number of hydrazone groups is 1. The number of hydrogen-bond donors (Lipinski definition) is 1. The van der Waals surface area contributed by atoms with Gasteiger partial charge in [0.25, 0.3) is 0 Å². The fourth-order valence-electron chi connectivity index (χ4n) is 4.01. The van der Waals surface area contributed by atoms with Gasteiger partial charge in [-0.05, 0) is 35.7 Å². The van der Waals surface area contributed by atoms with Crippen molar-refractivity contribution in [2.75, 3.05) is 25.1 Å². The molecule has 1 fully saturated rings. The van der Waals surface area contributed by atoms with E-state index in [0.29, 0.717) is 17.5 Å². The van der Waals surface area contributed by atoms with Gasteiger partial charge < -0.3 is 4.90 Å². The van der Waals surface area contributed by atoms with Crippen LogP contribution in [0.5, 0.6) is 0 Å². The van der Waals surface area contributed by atoms with Crippen LogP contribution in [0.15, 0.2) is 41.5 Å². The van der Waals surface area contributed by atoms with E-state index in [4.69, 9.17) is 23.2 Å². The van der Waals surface area contributed by atoms with Crippen LogP contribution in [-0.4, -0.2) is 50.0 Å². The number of likely N-dealkylation sites (tertiary alicyclic amines) is 1. The molecule has 0 aromatic heterocycles. The van der Waals surface area contributed by atoms with Gasteiger partial charge in [0, 0.05) is 12.7 Å². The second kappa shape index (κ2) is 8.21. The summed E-state index contributed by atoms with van der Waals surface area (Å²) in [6.07, 6.45) is 1.44. The summed E-state index contributed by atoms with van der Waals surface area (Å²) in [6, 6.07) is 9.79. The smallest absolute Gasteiger partial charge is 0.237 e. The van der Waals surface area contributed by atoms with Crippen LogP contribution in [0, 0.1) is 5.82 Å². The number of benzene rings is 2. The van der Waals surface area contributed by atoms with E-state index in [1.54, 1.807) is 24.3 Å². The molecule has 1 unspecified atom stereocenters. The standard InChI is InChI=1S/C22H21Cl2F2N3O3S/c1-21(15-7-16(23)20(25)17(24)8-15)9-18(27-28-21)13-3-5-14(6-4-13)22(26)11-29(12-22)19(30)10-33(2,31)32/h3-8,28H,9-12H2,1-2H3. The molecule has 2 aromatic carbocycles. The third-order valence-corrected chi connectivity index (χ3v) is 7.26. The van der Waals surface area contributed by atoms with Crippen molar-refractivity contribution in [3.8, 4) is 0 Å². The highest BCUT2D eigenvalue weighted by Crippen LogP contribution is 2.38. The van der Waals surface area contributed by atoms with E-state index in [2.05, 4.69) is 10.5 Å². The first-order valence-corrected chi connectivity index (χ1v) is 12.9. The number of alkyl halides is 1. The Balaban J connectivity index is 1.44. The van der Waals surface area contributed by atoms with Crippen molar-refractivity contribution in [2.24, 2.45) is 5.10 Å². The van der Waals surface area contributed by atoms with Gasteiger partial charge in [0.05, 0.1) is 34.4 Å². The van der Waals surface area contributed by atoms with Crippen molar-refractivity contribution in [1.82, 2.24) is 10.3 Å². The summed E-state index contributed by atoms with van der Waals surface area (Å²) in [5, 5.41) is 4.25. The van der Waals surface area contributed by atoms with Crippen molar-refractivity contribution in [3.63, 3.8) is 0 Å². The largest absolute Gasteiger partial charge is 0.335 e. The zero-order valence-electron chi connectivity index (χ0n) is 17.8. The molecule has 1 saturated heterocycles. The van der Waals surface area contributed by atoms with Crippen LogP contribution >= 0.6 is 23.2 Å². The summed E-state index contributed by atoms with van der Waals surface area (Å²) < 4.78 is 51.5. The van der Waals surface area contributed by atoms with Gasteiger partial charge in [-0.15, -0.1) is 0 Å². The number of nitrogens with zero attached hydrogens (tertiary/aromatic N) is 2. The highest BCUT2D eigenvalue weighted by Gasteiger charge is 2.47. The summed E-state index contributed by atoms with van der Waals surface area (Å²) in [6.45, 7) is 1.52. The highest BCUT2D eigenvalue weighted by molar-refractivity contribution is 7.91. The topological polar surface area (TPSA) is 78.8 Å². The molecule has 0 saturated carbocycles. The Morgan fingerprint density at radius 3 is 2.27 bits per heavy atom. The maximum atomic E-state index is 15.2. The molecular weight excluding hydrogens is 495 g/mol. The molecule has 0 bridgehead atoms. The minimum Gasteiger partial charge on any atom is -0.335 e. The Kier molecular flexibility index (Phi) is 5.95. The van der Waals surface area contributed by atoms with E-state index in [-0.39, 0.29) is 23.1 Å². The molecule has 1 N–H and O–H groups in total. The summed E-state index contributed by atoms with van der Waals surface area (Å²) in [5.74, 6) is -1.90. The van der Waals surface area contributed by atoms with Crippen molar-refractivity contribution in [3.05, 3.63) is 69.0 Å². The number of rotatable bonds is 5. The summed E-state index contributed by atoms with van der Waals surface area (Å²) in [4.78, 5) is 13.1. The Labute approximate surface area is 200 Å². The normalized spacial score (nSPS) is 21.9. The second-order valence-electron chi connectivity index (χ2n) is 8.80. The average Bonchev–Trinajstić information content (AvgIpc) is 3.11. The van der Waals surface area contributed by atoms with Crippen molar-refractivity contribution in [2.45, 2.75) is 24.6 Å². The zero-order valence-corrected chi connectivity index (χ0v) is 20.2. The van der Waals surface area contributed by atoms with Gasteiger partial charge in [-0.3, -0.25) is 10.2 Å². The van der Waals surface area contributed by atoms with Crippen LogP contribution in [0.1, 0.15) is 30.0 Å². The maximum absolute atomic E-state index is 15.2. The molecule has 33 heavy (non-hydrogen) atoms. The van der Waals surface area contributed by atoms with Gasteiger partial charge in [-0.25, -0.2) is 17.2 Å². The van der Waals surface area contributed by atoms with Crippen molar-refractivity contribution in [1.29, 1.82) is 0 Å². The van der Waals surface area contributed by atoms with Gasteiger partial charge in [0.1, 0.15) is 5.75 Å². The zero-order chi connectivity index (χ0) is 24.2. The Morgan fingerprint density at radius 1 is 1.15 bits per heavy atom. The predicted molar refractivity (Wildman–Crippen MR) is 124 cm³/mol. The van der Waals surface area contributed by atoms with Crippen LogP contribution in [0.2, 0.25) is 10.0 Å². The van der Waals surface area contributed by atoms with Gasteiger partial charge in [0.2, 0.25) is 5.91 Å². The molecule has 1 amide bonds. The lowest BCUT2D eigenvalue weighted by Crippen LogP contribution is -2.59. The first-order valence-electron chi connectivity index (χ1n) is 10.0. The molecule has 0 aliphatic carbocycles. The number of nitrogens with one attached hydrogen (secondary N) is 1. The molecule has 2 aromatic rings. The Bertz CT molecular complexity index is 1240. The highest BCUT2D eigenvalue weighted by atomic mass is 35.5. The number of halogens is 4. The van der Waals surface area contributed by atoms with E-state index in [1.807, 2.05) is 6.92 Å². The predicted octanol–water partition coefficient (Wildman–Crippen LogP) is 3.80. The van der Waals surface area contributed by atoms with E-state index in [9.17, 15) is 17.6 Å². The molecule has 1 atom stereocenters. The van der Waals surface area contributed by atoms with E-state index < -0.39 is 38.5 Å². The second-order valence-corrected chi connectivity index (χ2v) is 11.8.